The maximum atomic E-state index is 12.9. The number of anilines is 1. The van der Waals surface area contributed by atoms with Crippen LogP contribution in [0.2, 0.25) is 0 Å². The number of rotatable bonds is 4. The molecule has 0 radical (unpaired) electrons. The average Bonchev–Trinajstić information content (AvgIpc) is 3.41. The van der Waals surface area contributed by atoms with Crippen molar-refractivity contribution < 1.29 is 14.1 Å². The van der Waals surface area contributed by atoms with Crippen molar-refractivity contribution in [3.63, 3.8) is 0 Å². The predicted molar refractivity (Wildman–Crippen MR) is 101 cm³/mol. The van der Waals surface area contributed by atoms with E-state index < -0.39 is 12.1 Å². The molecule has 0 saturated carbocycles. The Morgan fingerprint density at radius 3 is 2.66 bits per heavy atom. The predicted octanol–water partition coefficient (Wildman–Crippen LogP) is 2.54. The van der Waals surface area contributed by atoms with E-state index in [-0.39, 0.29) is 18.4 Å². The Balaban J connectivity index is 1.37. The molecule has 0 spiro atoms. The van der Waals surface area contributed by atoms with Gasteiger partial charge in [-0.15, -0.1) is 0 Å². The lowest BCUT2D eigenvalue weighted by atomic mass is 10.1. The summed E-state index contributed by atoms with van der Waals surface area (Å²) in [4.78, 5) is 31.2. The molecule has 1 fully saturated rings. The Hall–Kier alpha value is -3.88. The Morgan fingerprint density at radius 2 is 1.86 bits per heavy atom. The van der Waals surface area contributed by atoms with E-state index in [1.807, 2.05) is 37.3 Å². The molecule has 144 valence electrons. The summed E-state index contributed by atoms with van der Waals surface area (Å²) in [6.45, 7) is 2.07. The van der Waals surface area contributed by atoms with Crippen LogP contribution in [0.4, 0.5) is 5.69 Å². The van der Waals surface area contributed by atoms with Crippen LogP contribution in [0, 0.1) is 6.92 Å². The van der Waals surface area contributed by atoms with E-state index >= 15 is 0 Å². The summed E-state index contributed by atoms with van der Waals surface area (Å²) in [6, 6.07) is 14.9. The van der Waals surface area contributed by atoms with Gasteiger partial charge in [-0.25, -0.2) is 4.90 Å². The van der Waals surface area contributed by atoms with E-state index in [1.165, 1.54) is 5.01 Å². The van der Waals surface area contributed by atoms with E-state index in [0.717, 1.165) is 16.0 Å². The van der Waals surface area contributed by atoms with Gasteiger partial charge >= 0.3 is 0 Å². The van der Waals surface area contributed by atoms with Crippen molar-refractivity contribution in [3.8, 4) is 11.4 Å². The summed E-state index contributed by atoms with van der Waals surface area (Å²) >= 11 is 0. The highest BCUT2D eigenvalue weighted by Gasteiger charge is 2.55. The van der Waals surface area contributed by atoms with Gasteiger partial charge in [-0.1, -0.05) is 52.3 Å². The Morgan fingerprint density at radius 1 is 1.03 bits per heavy atom. The molecule has 2 aliphatic heterocycles. The minimum absolute atomic E-state index is 0.0884. The average molecular weight is 388 g/mol. The Labute approximate surface area is 165 Å². The van der Waals surface area contributed by atoms with Gasteiger partial charge in [0.15, 0.2) is 12.1 Å². The third kappa shape index (κ3) is 2.87. The van der Waals surface area contributed by atoms with Crippen molar-refractivity contribution in [1.29, 1.82) is 0 Å². The highest BCUT2D eigenvalue weighted by atomic mass is 16.5. The van der Waals surface area contributed by atoms with Gasteiger partial charge in [0.2, 0.25) is 11.7 Å². The topological polar surface area (TPSA) is 104 Å². The molecule has 0 aliphatic carbocycles. The van der Waals surface area contributed by atoms with Gasteiger partial charge in [0.05, 0.1) is 5.69 Å². The highest BCUT2D eigenvalue weighted by molar-refractivity contribution is 6.25. The number of hydrogen-bond donors (Lipinski definition) is 0. The molecule has 2 aliphatic rings. The molecule has 0 unspecified atom stereocenters. The van der Waals surface area contributed by atoms with Crippen molar-refractivity contribution in [2.24, 2.45) is 10.3 Å². The third-order valence-electron chi connectivity index (χ3n) is 4.91. The molecule has 1 saturated heterocycles. The van der Waals surface area contributed by atoms with Gasteiger partial charge in [0.1, 0.15) is 6.54 Å². The Kier molecular flexibility index (Phi) is 3.94. The second-order valence-electron chi connectivity index (χ2n) is 6.92. The van der Waals surface area contributed by atoms with Gasteiger partial charge in [-0.3, -0.25) is 14.6 Å². The lowest BCUT2D eigenvalue weighted by Crippen LogP contribution is -2.39. The van der Waals surface area contributed by atoms with Crippen molar-refractivity contribution in [3.05, 3.63) is 66.1 Å². The van der Waals surface area contributed by atoms with Crippen LogP contribution in [-0.4, -0.2) is 39.0 Å². The number of imide groups is 1. The molecule has 2 aromatic carbocycles. The maximum absolute atomic E-state index is 12.9. The highest BCUT2D eigenvalue weighted by Crippen LogP contribution is 2.32. The fraction of sp³-hybridized carbons (Fsp3) is 0.200. The fourth-order valence-electron chi connectivity index (χ4n) is 3.54. The number of aromatic nitrogens is 2. The maximum Gasteiger partial charge on any atom is 0.263 e. The van der Waals surface area contributed by atoms with Gasteiger partial charge in [-0.2, -0.15) is 10.1 Å². The van der Waals surface area contributed by atoms with E-state index in [9.17, 15) is 9.59 Å². The molecule has 3 heterocycles. The van der Waals surface area contributed by atoms with Crippen molar-refractivity contribution >= 4 is 17.5 Å². The normalized spacial score (nSPS) is 20.6. The van der Waals surface area contributed by atoms with Gasteiger partial charge < -0.3 is 4.52 Å². The van der Waals surface area contributed by atoms with Gasteiger partial charge in [0, 0.05) is 5.56 Å². The summed E-state index contributed by atoms with van der Waals surface area (Å²) in [5.74, 6) is -0.00584. The van der Waals surface area contributed by atoms with E-state index in [1.54, 1.807) is 24.3 Å². The molecule has 9 heteroatoms. The molecule has 0 N–H and O–H groups in total. The van der Waals surface area contributed by atoms with Crippen LogP contribution >= 0.6 is 0 Å². The number of fused-ring (bicyclic) bond motifs is 1. The third-order valence-corrected chi connectivity index (χ3v) is 4.91. The van der Waals surface area contributed by atoms with Crippen LogP contribution < -0.4 is 4.90 Å². The zero-order valence-electron chi connectivity index (χ0n) is 15.5. The quantitative estimate of drug-likeness (QED) is 0.636. The van der Waals surface area contributed by atoms with Crippen LogP contribution in [0.3, 0.4) is 0 Å². The monoisotopic (exact) mass is 388 g/mol. The molecule has 0 bridgehead atoms. The second-order valence-corrected chi connectivity index (χ2v) is 6.92. The standard InChI is InChI=1S/C20H16N6O3/c1-12-6-5-7-13(10-12)18-21-15(29-23-18)11-25-17-16(22-24-25)19(27)26(20(17)28)14-8-3-2-4-9-14/h2-10,16-17H,11H2,1H3/t16-,17+/m1/s1. The first-order valence-corrected chi connectivity index (χ1v) is 9.12. The smallest absolute Gasteiger partial charge is 0.263 e. The summed E-state index contributed by atoms with van der Waals surface area (Å²) in [5, 5.41) is 13.4. The van der Waals surface area contributed by atoms with Gasteiger partial charge in [0.25, 0.3) is 11.8 Å². The number of amides is 2. The number of benzene rings is 2. The summed E-state index contributed by atoms with van der Waals surface area (Å²) in [5.41, 5.74) is 2.44. The first-order chi connectivity index (χ1) is 14.1. The first kappa shape index (κ1) is 17.2. The molecule has 2 amide bonds. The second kappa shape index (κ2) is 6.62. The summed E-state index contributed by atoms with van der Waals surface area (Å²) in [6.07, 6.45) is 0. The summed E-state index contributed by atoms with van der Waals surface area (Å²) < 4.78 is 5.33. The van der Waals surface area contributed by atoms with Crippen LogP contribution in [-0.2, 0) is 16.1 Å². The van der Waals surface area contributed by atoms with Gasteiger partial charge in [-0.05, 0) is 25.1 Å². The fourth-order valence-corrected chi connectivity index (χ4v) is 3.54. The lowest BCUT2D eigenvalue weighted by Gasteiger charge is -2.19. The molecule has 1 aromatic heterocycles. The van der Waals surface area contributed by atoms with Crippen LogP contribution in [0.1, 0.15) is 11.5 Å². The summed E-state index contributed by atoms with van der Waals surface area (Å²) in [7, 11) is 0. The first-order valence-electron chi connectivity index (χ1n) is 9.12. The molecule has 5 rings (SSSR count). The minimum Gasteiger partial charge on any atom is -0.337 e. The SMILES string of the molecule is Cc1cccc(-c2noc(CN3N=N[C@H]4C(=O)N(c5ccccc5)C(=O)[C@H]43)n2)c1. The molecule has 3 aromatic rings. The van der Waals surface area contributed by atoms with Crippen LogP contribution in [0.5, 0.6) is 0 Å². The number of carbonyl (C=O) groups excluding carboxylic acids is 2. The van der Waals surface area contributed by atoms with E-state index in [0.29, 0.717) is 17.4 Å². The zero-order chi connectivity index (χ0) is 20.0. The van der Waals surface area contributed by atoms with E-state index in [2.05, 4.69) is 20.5 Å². The minimum atomic E-state index is -0.859. The van der Waals surface area contributed by atoms with Crippen molar-refractivity contribution in [2.45, 2.75) is 25.6 Å². The number of nitrogens with zero attached hydrogens (tertiary/aromatic N) is 6. The zero-order valence-corrected chi connectivity index (χ0v) is 15.5. The lowest BCUT2D eigenvalue weighted by molar-refractivity contribution is -0.123. The number of para-hydroxylation sites is 1. The van der Waals surface area contributed by atoms with Crippen molar-refractivity contribution in [1.82, 2.24) is 15.1 Å². The van der Waals surface area contributed by atoms with Crippen molar-refractivity contribution in [2.75, 3.05) is 4.90 Å². The molecule has 9 nitrogen and oxygen atoms in total. The molecular weight excluding hydrogens is 372 g/mol. The van der Waals surface area contributed by atoms with E-state index in [4.69, 9.17) is 4.52 Å². The number of hydrogen-bond acceptors (Lipinski definition) is 8. The molecule has 29 heavy (non-hydrogen) atoms. The van der Waals surface area contributed by atoms with Crippen LogP contribution in [0.15, 0.2) is 69.5 Å². The molecule has 2 atom stereocenters. The van der Waals surface area contributed by atoms with Crippen LogP contribution in [0.25, 0.3) is 11.4 Å². The largest absolute Gasteiger partial charge is 0.337 e. The number of aryl methyl sites for hydroxylation is 1. The number of carbonyl (C=O) groups is 2. The Bertz CT molecular complexity index is 1130. The molecular formula is C20H16N6O3.